The molecule has 0 fully saturated rings. The highest BCUT2D eigenvalue weighted by Crippen LogP contribution is 2.18. The molecular formula is C13H9BrClNO2. The van der Waals surface area contributed by atoms with Gasteiger partial charge in [0, 0.05) is 22.8 Å². The minimum absolute atomic E-state index is 0.258. The Bertz CT molecular complexity index is 584. The average molecular weight is 327 g/mol. The van der Waals surface area contributed by atoms with Gasteiger partial charge in [-0.25, -0.2) is 4.79 Å². The summed E-state index contributed by atoms with van der Waals surface area (Å²) in [4.78, 5) is 15.1. The largest absolute Gasteiger partial charge is 0.478 e. The van der Waals surface area contributed by atoms with E-state index in [0.717, 1.165) is 15.7 Å². The molecule has 0 saturated heterocycles. The maximum absolute atomic E-state index is 10.9. The lowest BCUT2D eigenvalue weighted by atomic mass is 10.1. The van der Waals surface area contributed by atoms with Crippen LogP contribution in [0.15, 0.2) is 41.0 Å². The Hall–Kier alpha value is -1.39. The van der Waals surface area contributed by atoms with Crippen molar-refractivity contribution in [3.05, 3.63) is 62.8 Å². The molecule has 0 aliphatic carbocycles. The summed E-state index contributed by atoms with van der Waals surface area (Å²) in [6.45, 7) is 0. The average Bonchev–Trinajstić information content (AvgIpc) is 2.31. The van der Waals surface area contributed by atoms with Gasteiger partial charge >= 0.3 is 5.97 Å². The van der Waals surface area contributed by atoms with Gasteiger partial charge in [0.15, 0.2) is 0 Å². The minimum Gasteiger partial charge on any atom is -0.478 e. The van der Waals surface area contributed by atoms with Crippen LogP contribution in [-0.4, -0.2) is 16.1 Å². The maximum atomic E-state index is 10.9. The number of rotatable bonds is 3. The number of hydrogen-bond acceptors (Lipinski definition) is 2. The molecule has 18 heavy (non-hydrogen) atoms. The summed E-state index contributed by atoms with van der Waals surface area (Å²) in [7, 11) is 0. The summed E-state index contributed by atoms with van der Waals surface area (Å²) in [6, 6.07) is 8.68. The number of halogens is 2. The van der Waals surface area contributed by atoms with Crippen molar-refractivity contribution in [2.24, 2.45) is 0 Å². The first-order valence-electron chi connectivity index (χ1n) is 5.18. The van der Waals surface area contributed by atoms with Gasteiger partial charge in [0.2, 0.25) is 0 Å². The second kappa shape index (κ2) is 5.50. The second-order valence-electron chi connectivity index (χ2n) is 3.80. The van der Waals surface area contributed by atoms with Crippen molar-refractivity contribution in [1.82, 2.24) is 4.98 Å². The van der Waals surface area contributed by atoms with Crippen LogP contribution >= 0.6 is 27.5 Å². The number of carboxylic acids is 1. The smallest absolute Gasteiger partial charge is 0.335 e. The Morgan fingerprint density at radius 2 is 2.11 bits per heavy atom. The first kappa shape index (κ1) is 13.1. The molecule has 2 aromatic rings. The highest BCUT2D eigenvalue weighted by atomic mass is 79.9. The zero-order valence-electron chi connectivity index (χ0n) is 9.23. The van der Waals surface area contributed by atoms with Gasteiger partial charge in [-0.15, -0.1) is 0 Å². The monoisotopic (exact) mass is 325 g/mol. The van der Waals surface area contributed by atoms with Crippen LogP contribution in [0.5, 0.6) is 0 Å². The van der Waals surface area contributed by atoms with Crippen LogP contribution in [0.3, 0.4) is 0 Å². The molecule has 0 aliphatic heterocycles. The Kier molecular flexibility index (Phi) is 3.99. The van der Waals surface area contributed by atoms with Gasteiger partial charge in [-0.1, -0.05) is 27.5 Å². The molecule has 92 valence electrons. The highest BCUT2D eigenvalue weighted by molar-refractivity contribution is 9.10. The molecule has 0 saturated carbocycles. The summed E-state index contributed by atoms with van der Waals surface area (Å²) in [6.07, 6.45) is 2.14. The zero-order chi connectivity index (χ0) is 13.1. The van der Waals surface area contributed by atoms with Gasteiger partial charge in [-0.3, -0.25) is 4.98 Å². The molecule has 1 aromatic carbocycles. The van der Waals surface area contributed by atoms with E-state index in [1.54, 1.807) is 24.4 Å². The number of carbonyl (C=O) groups is 1. The second-order valence-corrected chi connectivity index (χ2v) is 5.15. The van der Waals surface area contributed by atoms with Crippen molar-refractivity contribution < 1.29 is 9.90 Å². The number of carboxylic acid groups (broad SMARTS) is 1. The van der Waals surface area contributed by atoms with E-state index in [1.807, 2.05) is 12.1 Å². The molecule has 0 unspecified atom stereocenters. The normalized spacial score (nSPS) is 10.3. The third-order valence-corrected chi connectivity index (χ3v) is 3.06. The third-order valence-electron chi connectivity index (χ3n) is 2.38. The van der Waals surface area contributed by atoms with Crippen LogP contribution in [0, 0.1) is 0 Å². The lowest BCUT2D eigenvalue weighted by Crippen LogP contribution is -1.99. The molecule has 0 radical (unpaired) electrons. The van der Waals surface area contributed by atoms with Crippen LogP contribution in [0.1, 0.15) is 21.6 Å². The van der Waals surface area contributed by atoms with Crippen molar-refractivity contribution in [2.75, 3.05) is 0 Å². The third kappa shape index (κ3) is 3.31. The minimum atomic E-state index is -0.943. The number of hydrogen-bond donors (Lipinski definition) is 1. The fraction of sp³-hybridized carbons (Fsp3) is 0.0769. The molecule has 2 rings (SSSR count). The van der Waals surface area contributed by atoms with E-state index in [4.69, 9.17) is 16.7 Å². The highest BCUT2D eigenvalue weighted by Gasteiger charge is 2.07. The van der Waals surface area contributed by atoms with E-state index in [0.29, 0.717) is 11.4 Å². The van der Waals surface area contributed by atoms with E-state index in [-0.39, 0.29) is 5.56 Å². The van der Waals surface area contributed by atoms with Gasteiger partial charge in [-0.05, 0) is 35.9 Å². The quantitative estimate of drug-likeness (QED) is 0.933. The van der Waals surface area contributed by atoms with Gasteiger partial charge in [0.05, 0.1) is 10.6 Å². The van der Waals surface area contributed by atoms with Crippen LogP contribution in [0.2, 0.25) is 5.02 Å². The van der Waals surface area contributed by atoms with Crippen LogP contribution < -0.4 is 0 Å². The number of benzene rings is 1. The summed E-state index contributed by atoms with van der Waals surface area (Å²) >= 11 is 9.06. The summed E-state index contributed by atoms with van der Waals surface area (Å²) in [5, 5.41) is 9.56. The number of aromatic carboxylic acids is 1. The SMILES string of the molecule is O=C(O)c1cc(Br)cc(Cc2ccc(Cl)cn2)c1. The molecule has 3 nitrogen and oxygen atoms in total. The number of nitrogens with zero attached hydrogens (tertiary/aromatic N) is 1. The summed E-state index contributed by atoms with van der Waals surface area (Å²) in [5.74, 6) is -0.943. The van der Waals surface area contributed by atoms with Crippen LogP contribution in [0.25, 0.3) is 0 Å². The van der Waals surface area contributed by atoms with Gasteiger partial charge in [-0.2, -0.15) is 0 Å². The Balaban J connectivity index is 2.28. The Morgan fingerprint density at radius 3 is 2.72 bits per heavy atom. The summed E-state index contributed by atoms with van der Waals surface area (Å²) in [5.41, 5.74) is 1.98. The molecule has 0 bridgehead atoms. The number of aromatic nitrogens is 1. The van der Waals surface area contributed by atoms with Crippen LogP contribution in [-0.2, 0) is 6.42 Å². The molecule has 0 spiro atoms. The Morgan fingerprint density at radius 1 is 1.33 bits per heavy atom. The topological polar surface area (TPSA) is 50.2 Å². The molecule has 0 atom stereocenters. The van der Waals surface area contributed by atoms with Crippen molar-refractivity contribution in [1.29, 1.82) is 0 Å². The van der Waals surface area contributed by atoms with Crippen LogP contribution in [0.4, 0.5) is 0 Å². The van der Waals surface area contributed by atoms with Crippen molar-refractivity contribution in [2.45, 2.75) is 6.42 Å². The van der Waals surface area contributed by atoms with Gasteiger partial charge in [0.1, 0.15) is 0 Å². The van der Waals surface area contributed by atoms with E-state index < -0.39 is 5.97 Å². The predicted molar refractivity (Wildman–Crippen MR) is 73.2 cm³/mol. The lowest BCUT2D eigenvalue weighted by molar-refractivity contribution is 0.0696. The van der Waals surface area contributed by atoms with Gasteiger partial charge < -0.3 is 5.11 Å². The Labute approximate surface area is 118 Å². The first-order valence-corrected chi connectivity index (χ1v) is 6.35. The van der Waals surface area contributed by atoms with Crippen molar-refractivity contribution in [3.8, 4) is 0 Å². The fourth-order valence-electron chi connectivity index (χ4n) is 1.60. The van der Waals surface area contributed by atoms with Crippen molar-refractivity contribution >= 4 is 33.5 Å². The first-order chi connectivity index (χ1) is 8.54. The maximum Gasteiger partial charge on any atom is 0.335 e. The molecule has 1 aromatic heterocycles. The van der Waals surface area contributed by atoms with E-state index >= 15 is 0 Å². The number of pyridine rings is 1. The molecule has 1 heterocycles. The molecule has 5 heteroatoms. The zero-order valence-corrected chi connectivity index (χ0v) is 11.6. The lowest BCUT2D eigenvalue weighted by Gasteiger charge is -2.04. The van der Waals surface area contributed by atoms with E-state index in [2.05, 4.69) is 20.9 Å². The van der Waals surface area contributed by atoms with E-state index in [9.17, 15) is 4.79 Å². The molecule has 0 amide bonds. The molecule has 0 aliphatic rings. The molecule has 1 N–H and O–H groups in total. The predicted octanol–water partition coefficient (Wildman–Crippen LogP) is 3.79. The molecular weight excluding hydrogens is 318 g/mol. The van der Waals surface area contributed by atoms with E-state index in [1.165, 1.54) is 0 Å². The fourth-order valence-corrected chi connectivity index (χ4v) is 2.25. The summed E-state index contributed by atoms with van der Waals surface area (Å²) < 4.78 is 0.742. The standard InChI is InChI=1S/C13H9BrClNO2/c14-10-4-8(3-9(6-10)13(17)18)5-12-2-1-11(15)7-16-12/h1-4,6-7H,5H2,(H,17,18). The van der Waals surface area contributed by atoms with Gasteiger partial charge in [0.25, 0.3) is 0 Å². The van der Waals surface area contributed by atoms with Crippen molar-refractivity contribution in [3.63, 3.8) is 0 Å².